The highest BCUT2D eigenvalue weighted by Crippen LogP contribution is 2.40. The van der Waals surface area contributed by atoms with Gasteiger partial charge in [0.2, 0.25) is 0 Å². The Morgan fingerprint density at radius 1 is 1.17 bits per heavy atom. The minimum atomic E-state index is -3.87. The van der Waals surface area contributed by atoms with Gasteiger partial charge in [0.05, 0.1) is 5.69 Å². The van der Waals surface area contributed by atoms with Crippen molar-refractivity contribution in [1.29, 1.82) is 0 Å². The van der Waals surface area contributed by atoms with E-state index in [9.17, 15) is 13.2 Å². The minimum Gasteiger partial charge on any atom is -0.488 e. The summed E-state index contributed by atoms with van der Waals surface area (Å²) in [7, 11) is -3.87. The van der Waals surface area contributed by atoms with Gasteiger partial charge in [0.15, 0.2) is 6.29 Å². The molecule has 0 bridgehead atoms. The van der Waals surface area contributed by atoms with E-state index in [-0.39, 0.29) is 11.5 Å². The summed E-state index contributed by atoms with van der Waals surface area (Å²) >= 11 is 0. The summed E-state index contributed by atoms with van der Waals surface area (Å²) in [4.78, 5) is 15.3. The molecule has 3 heterocycles. The monoisotopic (exact) mass is 340 g/mol. The van der Waals surface area contributed by atoms with Crippen LogP contribution in [-0.2, 0) is 16.6 Å². The van der Waals surface area contributed by atoms with Crippen molar-refractivity contribution >= 4 is 16.3 Å². The van der Waals surface area contributed by atoms with Crippen LogP contribution in [0.5, 0.6) is 5.75 Å². The Hall–Kier alpha value is -2.93. The van der Waals surface area contributed by atoms with Crippen LogP contribution in [-0.4, -0.2) is 23.7 Å². The lowest BCUT2D eigenvalue weighted by molar-refractivity contribution is 0.112. The molecule has 1 aliphatic heterocycles. The molecule has 7 heteroatoms. The van der Waals surface area contributed by atoms with Gasteiger partial charge in [-0.25, -0.2) is 12.4 Å². The fourth-order valence-corrected chi connectivity index (χ4v) is 4.19. The first kappa shape index (κ1) is 14.6. The molecule has 0 saturated carbocycles. The maximum absolute atomic E-state index is 13.0. The van der Waals surface area contributed by atoms with Crippen molar-refractivity contribution in [3.8, 4) is 17.0 Å². The number of carbonyl (C=O) groups excluding carboxylic acids is 1. The molecule has 6 nitrogen and oxygen atoms in total. The zero-order valence-electron chi connectivity index (χ0n) is 12.4. The largest absolute Gasteiger partial charge is 0.488 e. The van der Waals surface area contributed by atoms with Gasteiger partial charge in [-0.05, 0) is 24.3 Å². The Morgan fingerprint density at radius 2 is 2.00 bits per heavy atom. The normalized spacial score (nSPS) is 12.8. The van der Waals surface area contributed by atoms with E-state index in [1.54, 1.807) is 24.3 Å². The number of hydrogen-bond acceptors (Lipinski definition) is 5. The third-order valence-corrected chi connectivity index (χ3v) is 5.59. The predicted molar refractivity (Wildman–Crippen MR) is 86.4 cm³/mol. The maximum atomic E-state index is 13.0. The molecule has 120 valence electrons. The number of rotatable bonds is 3. The van der Waals surface area contributed by atoms with E-state index in [1.807, 2.05) is 6.07 Å². The third-order valence-electron chi connectivity index (χ3n) is 3.94. The smallest absolute Gasteiger partial charge is 0.269 e. The Bertz CT molecular complexity index is 1040. The van der Waals surface area contributed by atoms with Gasteiger partial charge >= 0.3 is 0 Å². The second-order valence-corrected chi connectivity index (χ2v) is 7.12. The topological polar surface area (TPSA) is 78.3 Å². The highest BCUT2D eigenvalue weighted by Gasteiger charge is 2.30. The molecule has 0 atom stereocenters. The number of nitrogens with zero attached hydrogens (tertiary/aromatic N) is 2. The standard InChI is InChI=1S/C17H12N2O4S/c20-10-12-9-19(24(21,22)13-4-3-7-18-8-13)17-14-5-1-2-6-16(14)23-11-15(12)17/h1-10H,11H2. The Balaban J connectivity index is 2.03. The lowest BCUT2D eigenvalue weighted by atomic mass is 10.0. The van der Waals surface area contributed by atoms with Gasteiger partial charge in [-0.2, -0.15) is 0 Å². The zero-order valence-corrected chi connectivity index (χ0v) is 13.2. The number of pyridine rings is 1. The molecule has 1 aliphatic rings. The molecule has 4 rings (SSSR count). The molecule has 0 N–H and O–H groups in total. The molecular formula is C17H12N2O4S. The van der Waals surface area contributed by atoms with Crippen molar-refractivity contribution in [3.05, 3.63) is 66.1 Å². The van der Waals surface area contributed by atoms with Crippen LogP contribution in [0.25, 0.3) is 11.3 Å². The quantitative estimate of drug-likeness (QED) is 0.685. The summed E-state index contributed by atoms with van der Waals surface area (Å²) in [5.41, 5.74) is 1.96. The molecule has 0 radical (unpaired) electrons. The predicted octanol–water partition coefficient (Wildman–Crippen LogP) is 2.49. The first-order chi connectivity index (χ1) is 11.6. The van der Waals surface area contributed by atoms with Crippen molar-refractivity contribution in [3.63, 3.8) is 0 Å². The van der Waals surface area contributed by atoms with Crippen LogP contribution in [0.4, 0.5) is 0 Å². The van der Waals surface area contributed by atoms with Crippen molar-refractivity contribution in [2.75, 3.05) is 0 Å². The van der Waals surface area contributed by atoms with Gasteiger partial charge < -0.3 is 4.74 Å². The molecule has 24 heavy (non-hydrogen) atoms. The summed E-state index contributed by atoms with van der Waals surface area (Å²) in [6.45, 7) is 0.149. The van der Waals surface area contributed by atoms with E-state index in [2.05, 4.69) is 4.98 Å². The number of benzene rings is 1. The van der Waals surface area contributed by atoms with Crippen molar-refractivity contribution in [2.45, 2.75) is 11.5 Å². The zero-order chi connectivity index (χ0) is 16.7. The van der Waals surface area contributed by atoms with Crippen LogP contribution in [0.1, 0.15) is 15.9 Å². The van der Waals surface area contributed by atoms with E-state index < -0.39 is 10.0 Å². The molecular weight excluding hydrogens is 328 g/mol. The van der Waals surface area contributed by atoms with Crippen LogP contribution in [0.2, 0.25) is 0 Å². The molecule has 0 saturated heterocycles. The number of fused-ring (bicyclic) bond motifs is 3. The van der Waals surface area contributed by atoms with Gasteiger partial charge in [-0.3, -0.25) is 9.78 Å². The molecule has 0 fully saturated rings. The van der Waals surface area contributed by atoms with Crippen molar-refractivity contribution in [2.24, 2.45) is 0 Å². The van der Waals surface area contributed by atoms with E-state index >= 15 is 0 Å². The Kier molecular flexibility index (Phi) is 3.24. The first-order valence-corrected chi connectivity index (χ1v) is 8.64. The van der Waals surface area contributed by atoms with Gasteiger partial charge in [-0.1, -0.05) is 12.1 Å². The molecule has 0 aliphatic carbocycles. The van der Waals surface area contributed by atoms with Crippen LogP contribution in [0.3, 0.4) is 0 Å². The number of carbonyl (C=O) groups is 1. The summed E-state index contributed by atoms with van der Waals surface area (Å²) in [5.74, 6) is 0.586. The van der Waals surface area contributed by atoms with Gasteiger partial charge in [0.25, 0.3) is 10.0 Å². The van der Waals surface area contributed by atoms with Gasteiger partial charge in [0, 0.05) is 35.3 Å². The Labute approximate surface area is 138 Å². The van der Waals surface area contributed by atoms with E-state index in [1.165, 1.54) is 24.7 Å². The molecule has 2 aromatic heterocycles. The van der Waals surface area contributed by atoms with E-state index in [0.29, 0.717) is 34.4 Å². The minimum absolute atomic E-state index is 0.0595. The van der Waals surface area contributed by atoms with Crippen LogP contribution in [0, 0.1) is 0 Å². The van der Waals surface area contributed by atoms with Crippen molar-refractivity contribution in [1.82, 2.24) is 8.96 Å². The first-order valence-electron chi connectivity index (χ1n) is 7.20. The molecule has 3 aromatic rings. The van der Waals surface area contributed by atoms with E-state index in [0.717, 1.165) is 3.97 Å². The van der Waals surface area contributed by atoms with Crippen LogP contribution in [0.15, 0.2) is 59.9 Å². The number of aromatic nitrogens is 2. The lowest BCUT2D eigenvalue weighted by Gasteiger charge is -2.20. The highest BCUT2D eigenvalue weighted by atomic mass is 32.2. The molecule has 0 unspecified atom stereocenters. The van der Waals surface area contributed by atoms with Gasteiger partial charge in [-0.15, -0.1) is 0 Å². The second kappa shape index (κ2) is 5.31. The molecule has 0 amide bonds. The highest BCUT2D eigenvalue weighted by molar-refractivity contribution is 7.90. The lowest BCUT2D eigenvalue weighted by Crippen LogP contribution is -2.16. The van der Waals surface area contributed by atoms with Crippen molar-refractivity contribution < 1.29 is 17.9 Å². The molecule has 0 spiro atoms. The van der Waals surface area contributed by atoms with E-state index in [4.69, 9.17) is 4.74 Å². The summed E-state index contributed by atoms with van der Waals surface area (Å²) in [6.07, 6.45) is 4.77. The number of para-hydroxylation sites is 1. The number of ether oxygens (including phenoxy) is 1. The average molecular weight is 340 g/mol. The fraction of sp³-hybridized carbons (Fsp3) is 0.0588. The van der Waals surface area contributed by atoms with Crippen LogP contribution >= 0.6 is 0 Å². The molecule has 1 aromatic carbocycles. The SMILES string of the molecule is O=Cc1cn(S(=O)(=O)c2cccnc2)c2c1COc1ccccc1-2. The number of aldehydes is 1. The maximum Gasteiger partial charge on any atom is 0.269 e. The average Bonchev–Trinajstić information content (AvgIpc) is 3.02. The number of hydrogen-bond donors (Lipinski definition) is 0. The Morgan fingerprint density at radius 3 is 2.75 bits per heavy atom. The summed E-state index contributed by atoms with van der Waals surface area (Å²) in [5, 5.41) is 0. The summed E-state index contributed by atoms with van der Waals surface area (Å²) in [6, 6.07) is 10.2. The van der Waals surface area contributed by atoms with Gasteiger partial charge in [0.1, 0.15) is 17.3 Å². The third kappa shape index (κ3) is 2.05. The van der Waals surface area contributed by atoms with Crippen LogP contribution < -0.4 is 4.74 Å². The second-order valence-electron chi connectivity index (χ2n) is 5.30. The fourth-order valence-electron chi connectivity index (χ4n) is 2.81. The summed E-state index contributed by atoms with van der Waals surface area (Å²) < 4.78 is 32.8.